The molecule has 0 bridgehead atoms. The first-order valence-electron chi connectivity index (χ1n) is 6.50. The number of carbonyl (C=O) groups is 1. The lowest BCUT2D eigenvalue weighted by Gasteiger charge is -2.32. The van der Waals surface area contributed by atoms with Gasteiger partial charge in [0, 0.05) is 0 Å². The topological polar surface area (TPSA) is 26.3 Å². The fourth-order valence-corrected chi connectivity index (χ4v) is 3.09. The Morgan fingerprint density at radius 2 is 1.89 bits per heavy atom. The van der Waals surface area contributed by atoms with Gasteiger partial charge in [-0.05, 0) is 43.2 Å². The maximum atomic E-state index is 11.1. The van der Waals surface area contributed by atoms with E-state index in [9.17, 15) is 4.79 Å². The maximum absolute atomic E-state index is 11.1. The van der Waals surface area contributed by atoms with Crippen molar-refractivity contribution in [1.82, 2.24) is 0 Å². The standard InChI is InChI=1S/C15H19ClO2/c1-10-6-11(2)8-12(7-10)18-15-5-3-4-14(16)13(15)9-17/h3-5,9-12H,6-8H2,1-2H3. The number of ether oxygens (including phenoxy) is 1. The number of aldehydes is 1. The molecule has 1 aromatic carbocycles. The number of benzene rings is 1. The molecule has 0 radical (unpaired) electrons. The average molecular weight is 267 g/mol. The highest BCUT2D eigenvalue weighted by Gasteiger charge is 2.26. The average Bonchev–Trinajstić information content (AvgIpc) is 2.27. The fourth-order valence-electron chi connectivity index (χ4n) is 2.88. The summed E-state index contributed by atoms with van der Waals surface area (Å²) in [4.78, 5) is 11.1. The second kappa shape index (κ2) is 5.75. The fraction of sp³-hybridized carbons (Fsp3) is 0.533. The molecule has 0 heterocycles. The van der Waals surface area contributed by atoms with Gasteiger partial charge in [-0.3, -0.25) is 4.79 Å². The van der Waals surface area contributed by atoms with Gasteiger partial charge in [-0.1, -0.05) is 31.5 Å². The Labute approximate surface area is 113 Å². The normalized spacial score (nSPS) is 27.8. The van der Waals surface area contributed by atoms with E-state index in [0.717, 1.165) is 19.1 Å². The lowest BCUT2D eigenvalue weighted by Crippen LogP contribution is -2.28. The molecule has 0 N–H and O–H groups in total. The minimum atomic E-state index is 0.195. The molecule has 98 valence electrons. The number of hydrogen-bond donors (Lipinski definition) is 0. The largest absolute Gasteiger partial charge is 0.490 e. The van der Waals surface area contributed by atoms with Crippen LogP contribution >= 0.6 is 11.6 Å². The highest BCUT2D eigenvalue weighted by molar-refractivity contribution is 6.33. The van der Waals surface area contributed by atoms with Crippen LogP contribution < -0.4 is 4.74 Å². The van der Waals surface area contributed by atoms with Crippen molar-refractivity contribution < 1.29 is 9.53 Å². The second-order valence-corrected chi connectivity index (χ2v) is 5.83. The van der Waals surface area contributed by atoms with Crippen molar-refractivity contribution >= 4 is 17.9 Å². The Hall–Kier alpha value is -1.02. The van der Waals surface area contributed by atoms with Crippen molar-refractivity contribution in [2.75, 3.05) is 0 Å². The maximum Gasteiger partial charge on any atom is 0.155 e. The van der Waals surface area contributed by atoms with Gasteiger partial charge < -0.3 is 4.74 Å². The number of hydrogen-bond acceptors (Lipinski definition) is 2. The van der Waals surface area contributed by atoms with Gasteiger partial charge in [0.25, 0.3) is 0 Å². The zero-order valence-electron chi connectivity index (χ0n) is 10.9. The van der Waals surface area contributed by atoms with Gasteiger partial charge in [0.1, 0.15) is 5.75 Å². The Kier molecular flexibility index (Phi) is 4.28. The molecule has 1 aliphatic rings. The minimum Gasteiger partial charge on any atom is -0.490 e. The summed E-state index contributed by atoms with van der Waals surface area (Å²) in [7, 11) is 0. The van der Waals surface area contributed by atoms with Crippen LogP contribution in [0.4, 0.5) is 0 Å². The molecule has 2 nitrogen and oxygen atoms in total. The summed E-state index contributed by atoms with van der Waals surface area (Å²) >= 11 is 5.99. The number of rotatable bonds is 3. The molecular formula is C15H19ClO2. The van der Waals surface area contributed by atoms with Crippen LogP contribution in [0.5, 0.6) is 5.75 Å². The summed E-state index contributed by atoms with van der Waals surface area (Å²) in [6, 6.07) is 5.35. The van der Waals surface area contributed by atoms with Crippen LogP contribution in [0.1, 0.15) is 43.5 Å². The molecule has 1 aliphatic carbocycles. The van der Waals surface area contributed by atoms with Crippen LogP contribution in [0.3, 0.4) is 0 Å². The minimum absolute atomic E-state index is 0.195. The van der Waals surface area contributed by atoms with Crippen LogP contribution in [0, 0.1) is 11.8 Å². The zero-order valence-corrected chi connectivity index (χ0v) is 11.6. The summed E-state index contributed by atoms with van der Waals surface area (Å²) in [5, 5.41) is 0.458. The Morgan fingerprint density at radius 1 is 1.22 bits per heavy atom. The molecule has 3 heteroatoms. The molecule has 2 atom stereocenters. The first-order chi connectivity index (χ1) is 8.60. The van der Waals surface area contributed by atoms with Crippen LogP contribution in [0.15, 0.2) is 18.2 Å². The lowest BCUT2D eigenvalue weighted by atomic mass is 9.82. The van der Waals surface area contributed by atoms with Crippen molar-refractivity contribution in [3.63, 3.8) is 0 Å². The quantitative estimate of drug-likeness (QED) is 0.760. The highest BCUT2D eigenvalue weighted by atomic mass is 35.5. The summed E-state index contributed by atoms with van der Waals surface area (Å²) in [6.45, 7) is 4.51. The molecule has 0 saturated heterocycles. The summed E-state index contributed by atoms with van der Waals surface area (Å²) in [5.41, 5.74) is 0.463. The van der Waals surface area contributed by atoms with Gasteiger partial charge in [0.2, 0.25) is 0 Å². The highest BCUT2D eigenvalue weighted by Crippen LogP contribution is 2.33. The van der Waals surface area contributed by atoms with Crippen molar-refractivity contribution in [3.05, 3.63) is 28.8 Å². The van der Waals surface area contributed by atoms with Crippen LogP contribution in [-0.4, -0.2) is 12.4 Å². The smallest absolute Gasteiger partial charge is 0.155 e. The van der Waals surface area contributed by atoms with Gasteiger partial charge in [-0.25, -0.2) is 0 Å². The molecule has 0 spiro atoms. The first kappa shape index (κ1) is 13.4. The van der Waals surface area contributed by atoms with Crippen LogP contribution in [-0.2, 0) is 0 Å². The second-order valence-electron chi connectivity index (χ2n) is 5.43. The predicted octanol–water partition coefficient (Wildman–Crippen LogP) is 4.36. The molecule has 2 unspecified atom stereocenters. The third-order valence-corrected chi connectivity index (χ3v) is 3.89. The molecule has 0 aromatic heterocycles. The molecule has 0 aliphatic heterocycles. The number of carbonyl (C=O) groups excluding carboxylic acids is 1. The van der Waals surface area contributed by atoms with Gasteiger partial charge >= 0.3 is 0 Å². The Balaban J connectivity index is 2.14. The van der Waals surface area contributed by atoms with Crippen molar-refractivity contribution in [3.8, 4) is 5.75 Å². The summed E-state index contributed by atoms with van der Waals surface area (Å²) < 4.78 is 5.98. The van der Waals surface area contributed by atoms with E-state index in [1.54, 1.807) is 6.07 Å². The van der Waals surface area contributed by atoms with E-state index in [4.69, 9.17) is 16.3 Å². The van der Waals surface area contributed by atoms with Crippen molar-refractivity contribution in [2.24, 2.45) is 11.8 Å². The molecule has 18 heavy (non-hydrogen) atoms. The van der Waals surface area contributed by atoms with Gasteiger partial charge in [0.05, 0.1) is 16.7 Å². The van der Waals surface area contributed by atoms with E-state index >= 15 is 0 Å². The number of halogens is 1. The van der Waals surface area contributed by atoms with Crippen LogP contribution in [0.2, 0.25) is 5.02 Å². The van der Waals surface area contributed by atoms with Gasteiger partial charge in [0.15, 0.2) is 6.29 Å². The van der Waals surface area contributed by atoms with E-state index in [1.165, 1.54) is 6.42 Å². The van der Waals surface area contributed by atoms with E-state index in [1.807, 2.05) is 12.1 Å². The molecular weight excluding hydrogens is 248 g/mol. The van der Waals surface area contributed by atoms with Crippen molar-refractivity contribution in [2.45, 2.75) is 39.2 Å². The molecule has 1 saturated carbocycles. The van der Waals surface area contributed by atoms with Crippen LogP contribution in [0.25, 0.3) is 0 Å². The summed E-state index contributed by atoms with van der Waals surface area (Å²) in [5.74, 6) is 1.97. The third-order valence-electron chi connectivity index (χ3n) is 3.56. The predicted molar refractivity (Wildman–Crippen MR) is 73.4 cm³/mol. The van der Waals surface area contributed by atoms with E-state index < -0.39 is 0 Å². The molecule has 1 fully saturated rings. The van der Waals surface area contributed by atoms with E-state index in [0.29, 0.717) is 28.2 Å². The lowest BCUT2D eigenvalue weighted by molar-refractivity contribution is 0.0980. The van der Waals surface area contributed by atoms with Gasteiger partial charge in [-0.15, -0.1) is 0 Å². The van der Waals surface area contributed by atoms with Crippen molar-refractivity contribution in [1.29, 1.82) is 0 Å². The Morgan fingerprint density at radius 3 is 2.50 bits per heavy atom. The van der Waals surface area contributed by atoms with Gasteiger partial charge in [-0.2, -0.15) is 0 Å². The van der Waals surface area contributed by atoms with E-state index in [-0.39, 0.29) is 6.10 Å². The first-order valence-corrected chi connectivity index (χ1v) is 6.88. The van der Waals surface area contributed by atoms with E-state index in [2.05, 4.69) is 13.8 Å². The monoisotopic (exact) mass is 266 g/mol. The summed E-state index contributed by atoms with van der Waals surface area (Å²) in [6.07, 6.45) is 4.33. The SMILES string of the molecule is CC1CC(C)CC(Oc2cccc(Cl)c2C=O)C1. The molecule has 1 aromatic rings. The Bertz CT molecular complexity index is 421. The third kappa shape index (κ3) is 3.05. The zero-order chi connectivity index (χ0) is 13.1. The molecule has 0 amide bonds. The molecule has 2 rings (SSSR count).